The molecule has 3 heterocycles. The zero-order valence-corrected chi connectivity index (χ0v) is 31.3. The summed E-state index contributed by atoms with van der Waals surface area (Å²) < 4.78 is 64.0. The molecule has 3 saturated heterocycles. The van der Waals surface area contributed by atoms with Crippen molar-refractivity contribution in [1.82, 2.24) is 37.0 Å². The number of rotatable bonds is 13. The minimum absolute atomic E-state index is 0.0217. The lowest BCUT2D eigenvalue weighted by atomic mass is 9.77. The normalized spacial score (nSPS) is 40.4. The molecule has 12 atom stereocenters. The molecule has 0 spiro atoms. The third-order valence-corrected chi connectivity index (χ3v) is 16.5. The molecule has 0 amide bonds. The highest BCUT2D eigenvalue weighted by atomic mass is 32.2. The first-order valence-electron chi connectivity index (χ1n) is 18.3. The van der Waals surface area contributed by atoms with Gasteiger partial charge in [0.05, 0.1) is 28.5 Å². The number of hydrogen-bond acceptors (Lipinski definition) is 13. The quantitative estimate of drug-likeness (QED) is 0.121. The van der Waals surface area contributed by atoms with Crippen molar-refractivity contribution < 1.29 is 26.9 Å². The Hall–Kier alpha value is -0.760. The summed E-state index contributed by atoms with van der Waals surface area (Å²) in [4.78, 5) is 13.3. The van der Waals surface area contributed by atoms with Gasteiger partial charge in [0, 0.05) is 35.7 Å². The highest BCUT2D eigenvalue weighted by Gasteiger charge is 2.55. The van der Waals surface area contributed by atoms with Crippen LogP contribution in [0.2, 0.25) is 0 Å². The predicted molar refractivity (Wildman–Crippen MR) is 188 cm³/mol. The Morgan fingerprint density at radius 2 is 1.80 bits per heavy atom. The Morgan fingerprint density at radius 3 is 2.41 bits per heavy atom. The maximum Gasteiger partial charge on any atom is 0.244 e. The molecule has 13 nitrogen and oxygen atoms in total. The number of piperidine rings is 1. The fourth-order valence-corrected chi connectivity index (χ4v) is 12.6. The van der Waals surface area contributed by atoms with E-state index in [0.29, 0.717) is 24.8 Å². The summed E-state index contributed by atoms with van der Waals surface area (Å²) >= 11 is 1.46. The maximum atomic E-state index is 16.1. The van der Waals surface area contributed by atoms with Crippen molar-refractivity contribution in [2.24, 2.45) is 11.8 Å². The summed E-state index contributed by atoms with van der Waals surface area (Å²) in [5.41, 5.74) is 6.25. The second-order valence-electron chi connectivity index (χ2n) is 15.5. The number of hydrogen-bond donors (Lipinski definition) is 6. The van der Waals surface area contributed by atoms with Crippen molar-refractivity contribution in [3.05, 3.63) is 10.1 Å². The fourth-order valence-electron chi connectivity index (χ4n) is 8.84. The molecule has 0 aromatic heterocycles. The van der Waals surface area contributed by atoms with E-state index < -0.39 is 54.3 Å². The summed E-state index contributed by atoms with van der Waals surface area (Å²) in [6.07, 6.45) is 1.67. The van der Waals surface area contributed by atoms with Gasteiger partial charge in [0.15, 0.2) is 16.0 Å². The minimum Gasteiger partial charge on any atom is -0.375 e. The maximum absolute atomic E-state index is 16.1. The lowest BCUT2D eigenvalue weighted by Gasteiger charge is -2.50. The van der Waals surface area contributed by atoms with Gasteiger partial charge in [0.1, 0.15) is 17.8 Å². The summed E-state index contributed by atoms with van der Waals surface area (Å²) in [7, 11) is -0.287. The molecule has 3 aliphatic heterocycles. The molecular weight excluding hydrogens is 679 g/mol. The number of methoxy groups -OCH3 is 1. The monoisotopic (exact) mass is 738 g/mol. The fraction of sp³-hybridized carbons (Fsp3) is 1.00. The molecule has 6 N–H and O–H groups in total. The molecule has 0 aromatic carbocycles. The van der Waals surface area contributed by atoms with E-state index in [9.17, 15) is 18.5 Å². The molecular formula is C32H60F2N8O5S2. The van der Waals surface area contributed by atoms with Gasteiger partial charge in [-0.25, -0.2) is 22.6 Å². The molecule has 2 aliphatic carbocycles. The molecule has 5 rings (SSSR count). The molecule has 12 unspecified atom stereocenters. The van der Waals surface area contributed by atoms with Crippen molar-refractivity contribution in [2.45, 2.75) is 155 Å². The molecule has 0 radical (unpaired) electrons. The predicted octanol–water partition coefficient (Wildman–Crippen LogP) is 2.22. The highest BCUT2D eigenvalue weighted by molar-refractivity contribution is 8.00. The summed E-state index contributed by atoms with van der Waals surface area (Å²) in [5, 5.41) is 24.4. The van der Waals surface area contributed by atoms with E-state index in [-0.39, 0.29) is 55.8 Å². The molecule has 0 bridgehead atoms. The first-order chi connectivity index (χ1) is 23.3. The third kappa shape index (κ3) is 8.90. The van der Waals surface area contributed by atoms with Crippen molar-refractivity contribution in [3.63, 3.8) is 0 Å². The number of likely N-dealkylation sites (tertiary alicyclic amines) is 1. The number of sulfone groups is 1. The van der Waals surface area contributed by atoms with Crippen LogP contribution in [0, 0.1) is 22.0 Å². The number of alkyl halides is 2. The van der Waals surface area contributed by atoms with E-state index in [1.807, 2.05) is 7.05 Å². The van der Waals surface area contributed by atoms with E-state index in [2.05, 4.69) is 43.9 Å². The van der Waals surface area contributed by atoms with E-state index in [1.165, 1.54) is 25.6 Å². The Balaban J connectivity index is 1.25. The van der Waals surface area contributed by atoms with Crippen LogP contribution in [-0.2, 0) is 14.6 Å². The van der Waals surface area contributed by atoms with Crippen LogP contribution < -0.4 is 32.1 Å². The first kappa shape index (κ1) is 39.4. The number of ether oxygens (including phenoxy) is 1. The third-order valence-electron chi connectivity index (χ3n) is 12.0. The van der Waals surface area contributed by atoms with Crippen molar-refractivity contribution in [3.8, 4) is 0 Å². The average Bonchev–Trinajstić information content (AvgIpc) is 3.48. The SMILES string of the molecule is CNCCC1CCN(C2NC(SC3CCC(S(=O)(=O)C(C)(C)C4CCCC([N+](=O)[O-])C4F)CC3F)NC(NC3CC(C)NN3)C2OC)CC1. The molecule has 0 aromatic rings. The van der Waals surface area contributed by atoms with Gasteiger partial charge in [-0.3, -0.25) is 36.4 Å². The van der Waals surface area contributed by atoms with Gasteiger partial charge in [0.25, 0.3) is 0 Å². The van der Waals surface area contributed by atoms with Gasteiger partial charge < -0.3 is 10.1 Å². The lowest BCUT2D eigenvalue weighted by molar-refractivity contribution is -0.536. The summed E-state index contributed by atoms with van der Waals surface area (Å²) in [6.45, 7) is 7.95. The standard InChI is InChI=1S/C32H60F2N8O5S2/c1-19-17-26(40-39-19)36-29-28(47-5)30(41-15-12-20(13-16-41)11-14-35-4)38-31(37-29)48-25-10-9-21(18-23(25)33)49(45,46)32(2,3)22-7-6-8-24(27(22)34)42(43)44/h19-31,35-40H,6-18H2,1-5H3. The van der Waals surface area contributed by atoms with Gasteiger partial charge in [-0.05, 0) is 111 Å². The highest BCUT2D eigenvalue weighted by Crippen LogP contribution is 2.45. The van der Waals surface area contributed by atoms with Gasteiger partial charge in [0.2, 0.25) is 6.04 Å². The molecule has 284 valence electrons. The zero-order chi connectivity index (χ0) is 35.5. The smallest absolute Gasteiger partial charge is 0.244 e. The van der Waals surface area contributed by atoms with Crippen LogP contribution in [-0.4, -0.2) is 122 Å². The van der Waals surface area contributed by atoms with Gasteiger partial charge in [-0.15, -0.1) is 11.8 Å². The van der Waals surface area contributed by atoms with Crippen LogP contribution >= 0.6 is 11.8 Å². The van der Waals surface area contributed by atoms with Crippen molar-refractivity contribution >= 4 is 21.6 Å². The average molecular weight is 739 g/mol. The number of nitro groups is 1. The van der Waals surface area contributed by atoms with Gasteiger partial charge >= 0.3 is 0 Å². The van der Waals surface area contributed by atoms with Crippen molar-refractivity contribution in [2.75, 3.05) is 33.8 Å². The zero-order valence-electron chi connectivity index (χ0n) is 29.7. The van der Waals surface area contributed by atoms with E-state index in [0.717, 1.165) is 45.3 Å². The van der Waals surface area contributed by atoms with Crippen LogP contribution in [0.25, 0.3) is 0 Å². The number of thioether (sulfide) groups is 1. The second kappa shape index (κ2) is 16.9. The topological polar surface area (TPSA) is 162 Å². The van der Waals surface area contributed by atoms with Crippen LogP contribution in [0.1, 0.15) is 85.0 Å². The molecule has 17 heteroatoms. The van der Waals surface area contributed by atoms with Crippen LogP contribution in [0.5, 0.6) is 0 Å². The van der Waals surface area contributed by atoms with Crippen LogP contribution in [0.3, 0.4) is 0 Å². The van der Waals surface area contributed by atoms with E-state index >= 15 is 8.78 Å². The molecule has 49 heavy (non-hydrogen) atoms. The largest absolute Gasteiger partial charge is 0.375 e. The van der Waals surface area contributed by atoms with Crippen molar-refractivity contribution in [1.29, 1.82) is 0 Å². The number of hydrazine groups is 1. The Morgan fingerprint density at radius 1 is 1.06 bits per heavy atom. The lowest BCUT2D eigenvalue weighted by Crippen LogP contribution is -2.75. The van der Waals surface area contributed by atoms with E-state index in [4.69, 9.17) is 4.74 Å². The minimum atomic E-state index is -4.00. The second-order valence-corrected chi connectivity index (χ2v) is 19.6. The number of nitrogens with zero attached hydrogens (tertiary/aromatic N) is 2. The molecule has 5 fully saturated rings. The number of halogens is 2. The van der Waals surface area contributed by atoms with E-state index in [1.54, 1.807) is 7.11 Å². The van der Waals surface area contributed by atoms with Crippen LogP contribution in [0.15, 0.2) is 0 Å². The summed E-state index contributed by atoms with van der Waals surface area (Å²) in [6, 6.07) is -1.09. The Labute approximate surface area is 295 Å². The molecule has 2 saturated carbocycles. The molecule has 5 aliphatic rings. The van der Waals surface area contributed by atoms with Gasteiger partial charge in [-0.1, -0.05) is 0 Å². The van der Waals surface area contributed by atoms with Crippen LogP contribution in [0.4, 0.5) is 8.78 Å². The Kier molecular flexibility index (Phi) is 13.6. The number of nitrogens with one attached hydrogen (secondary N) is 6. The first-order valence-corrected chi connectivity index (χ1v) is 20.8. The Bertz CT molecular complexity index is 1200. The van der Waals surface area contributed by atoms with Gasteiger partial charge in [-0.2, -0.15) is 0 Å². The summed E-state index contributed by atoms with van der Waals surface area (Å²) in [5.74, 6) is -0.327.